The Morgan fingerprint density at radius 1 is 1.00 bits per heavy atom. The predicted octanol–water partition coefficient (Wildman–Crippen LogP) is 6.65. The quantitative estimate of drug-likeness (QED) is 0.461. The molecule has 0 N–H and O–H groups in total. The maximum atomic E-state index is 3.79. The van der Waals surface area contributed by atoms with E-state index in [-0.39, 0.29) is 4.83 Å². The number of aryl methyl sites for hydroxylation is 1. The third-order valence-corrected chi connectivity index (χ3v) is 5.25. The van der Waals surface area contributed by atoms with E-state index in [2.05, 4.69) is 97.2 Å². The minimum absolute atomic E-state index is 0.214. The van der Waals surface area contributed by atoms with Gasteiger partial charge in [-0.2, -0.15) is 0 Å². The first kappa shape index (κ1) is 15.3. The number of hydrogen-bond acceptors (Lipinski definition) is 0. The highest BCUT2D eigenvalue weighted by atomic mass is 79.9. The van der Waals surface area contributed by atoms with Gasteiger partial charge < -0.3 is 0 Å². The van der Waals surface area contributed by atoms with Crippen molar-refractivity contribution in [1.29, 1.82) is 0 Å². The Labute approximate surface area is 140 Å². The summed E-state index contributed by atoms with van der Waals surface area (Å²) in [5, 5.41) is 0. The normalized spacial score (nSPS) is 12.4. The van der Waals surface area contributed by atoms with Crippen LogP contribution in [0.1, 0.15) is 34.9 Å². The van der Waals surface area contributed by atoms with E-state index in [4.69, 9.17) is 0 Å². The minimum atomic E-state index is 0.214. The SMILES string of the molecule is CCCc1ccc(C(Br)c2ccc(Br)cc2Br)cc1. The Morgan fingerprint density at radius 3 is 2.26 bits per heavy atom. The van der Waals surface area contributed by atoms with Gasteiger partial charge >= 0.3 is 0 Å². The fourth-order valence-electron chi connectivity index (χ4n) is 2.03. The van der Waals surface area contributed by atoms with Gasteiger partial charge in [-0.1, -0.05) is 91.5 Å². The molecule has 19 heavy (non-hydrogen) atoms. The lowest BCUT2D eigenvalue weighted by Gasteiger charge is -2.13. The van der Waals surface area contributed by atoms with Crippen LogP contribution in [-0.2, 0) is 6.42 Å². The lowest BCUT2D eigenvalue weighted by molar-refractivity contribution is 0.920. The number of hydrogen-bond donors (Lipinski definition) is 0. The van der Waals surface area contributed by atoms with Gasteiger partial charge in [-0.3, -0.25) is 0 Å². The monoisotopic (exact) mass is 444 g/mol. The van der Waals surface area contributed by atoms with Crippen molar-refractivity contribution >= 4 is 47.8 Å². The molecule has 2 aromatic carbocycles. The maximum absolute atomic E-state index is 3.79. The molecule has 0 saturated carbocycles. The van der Waals surface area contributed by atoms with E-state index in [1.807, 2.05) is 0 Å². The number of rotatable bonds is 4. The second-order valence-corrected chi connectivity index (χ2v) is 7.21. The van der Waals surface area contributed by atoms with Gasteiger partial charge in [-0.15, -0.1) is 0 Å². The van der Waals surface area contributed by atoms with E-state index in [9.17, 15) is 0 Å². The van der Waals surface area contributed by atoms with Crippen LogP contribution in [0.4, 0.5) is 0 Å². The van der Waals surface area contributed by atoms with Gasteiger partial charge in [-0.05, 0) is 35.2 Å². The van der Waals surface area contributed by atoms with Gasteiger partial charge in [0, 0.05) is 8.95 Å². The summed E-state index contributed by atoms with van der Waals surface area (Å²) in [6.45, 7) is 2.21. The molecule has 0 spiro atoms. The summed E-state index contributed by atoms with van der Waals surface area (Å²) < 4.78 is 2.20. The summed E-state index contributed by atoms with van der Waals surface area (Å²) in [5.41, 5.74) is 3.93. The average Bonchev–Trinajstić information content (AvgIpc) is 2.39. The van der Waals surface area contributed by atoms with Crippen LogP contribution in [0.5, 0.6) is 0 Å². The highest BCUT2D eigenvalue weighted by molar-refractivity contribution is 9.11. The van der Waals surface area contributed by atoms with E-state index >= 15 is 0 Å². The molecule has 0 aliphatic rings. The zero-order valence-corrected chi connectivity index (χ0v) is 15.4. The largest absolute Gasteiger partial charge is 0.0786 e. The first-order valence-corrected chi connectivity index (χ1v) is 8.80. The molecule has 0 aliphatic heterocycles. The molecule has 0 nitrogen and oxygen atoms in total. The average molecular weight is 447 g/mol. The summed E-state index contributed by atoms with van der Waals surface area (Å²) in [5.74, 6) is 0. The Kier molecular flexibility index (Phi) is 5.67. The molecule has 0 aromatic heterocycles. The lowest BCUT2D eigenvalue weighted by Crippen LogP contribution is -1.95. The van der Waals surface area contributed by atoms with Crippen molar-refractivity contribution in [2.45, 2.75) is 24.6 Å². The molecule has 0 bridgehead atoms. The van der Waals surface area contributed by atoms with Crippen molar-refractivity contribution in [3.05, 3.63) is 68.1 Å². The molecule has 100 valence electrons. The standard InChI is InChI=1S/C16H15Br3/c1-2-3-11-4-6-12(7-5-11)16(19)14-9-8-13(17)10-15(14)18/h4-10,16H,2-3H2,1H3. The molecule has 0 amide bonds. The summed E-state index contributed by atoms with van der Waals surface area (Å²) >= 11 is 10.9. The fourth-order valence-corrected chi connectivity index (χ4v) is 4.32. The van der Waals surface area contributed by atoms with Crippen molar-refractivity contribution in [3.8, 4) is 0 Å². The predicted molar refractivity (Wildman–Crippen MR) is 93.0 cm³/mol. The van der Waals surface area contributed by atoms with Crippen molar-refractivity contribution in [3.63, 3.8) is 0 Å². The summed E-state index contributed by atoms with van der Waals surface area (Å²) in [4.78, 5) is 0.214. The number of benzene rings is 2. The van der Waals surface area contributed by atoms with Gasteiger partial charge in [0.2, 0.25) is 0 Å². The third-order valence-electron chi connectivity index (χ3n) is 3.05. The molecular formula is C16H15Br3. The molecule has 2 aromatic rings. The van der Waals surface area contributed by atoms with Crippen LogP contribution in [0.3, 0.4) is 0 Å². The summed E-state index contributed by atoms with van der Waals surface area (Å²) in [7, 11) is 0. The third kappa shape index (κ3) is 3.93. The first-order chi connectivity index (χ1) is 9.11. The van der Waals surface area contributed by atoms with Gasteiger partial charge in [-0.25, -0.2) is 0 Å². The molecule has 3 heteroatoms. The van der Waals surface area contributed by atoms with Crippen molar-refractivity contribution in [2.24, 2.45) is 0 Å². The van der Waals surface area contributed by atoms with Crippen LogP contribution in [0, 0.1) is 0 Å². The van der Waals surface area contributed by atoms with Crippen LogP contribution in [0.15, 0.2) is 51.4 Å². The number of alkyl halides is 1. The second-order valence-electron chi connectivity index (χ2n) is 4.52. The summed E-state index contributed by atoms with van der Waals surface area (Å²) in [6, 6.07) is 15.1. The maximum Gasteiger partial charge on any atom is 0.0655 e. The Bertz CT molecular complexity index is 546. The minimum Gasteiger partial charge on any atom is -0.0786 e. The Morgan fingerprint density at radius 2 is 1.68 bits per heavy atom. The first-order valence-electron chi connectivity index (χ1n) is 6.29. The zero-order chi connectivity index (χ0) is 13.8. The number of halogens is 3. The smallest absolute Gasteiger partial charge is 0.0655 e. The highest BCUT2D eigenvalue weighted by Crippen LogP contribution is 2.36. The Hall–Kier alpha value is -0.120. The van der Waals surface area contributed by atoms with Gasteiger partial charge in [0.25, 0.3) is 0 Å². The van der Waals surface area contributed by atoms with Gasteiger partial charge in [0.15, 0.2) is 0 Å². The molecule has 1 unspecified atom stereocenters. The second kappa shape index (κ2) is 7.05. The van der Waals surface area contributed by atoms with Gasteiger partial charge in [0.1, 0.15) is 0 Å². The molecule has 0 fully saturated rings. The topological polar surface area (TPSA) is 0 Å². The van der Waals surface area contributed by atoms with Crippen LogP contribution in [0.25, 0.3) is 0 Å². The van der Waals surface area contributed by atoms with E-state index < -0.39 is 0 Å². The van der Waals surface area contributed by atoms with Crippen LogP contribution in [-0.4, -0.2) is 0 Å². The Balaban J connectivity index is 2.25. The van der Waals surface area contributed by atoms with E-state index in [1.54, 1.807) is 0 Å². The fraction of sp³-hybridized carbons (Fsp3) is 0.250. The van der Waals surface area contributed by atoms with Crippen LogP contribution >= 0.6 is 47.8 Å². The van der Waals surface area contributed by atoms with Crippen molar-refractivity contribution < 1.29 is 0 Å². The molecular weight excluding hydrogens is 432 g/mol. The van der Waals surface area contributed by atoms with E-state index in [0.717, 1.165) is 15.4 Å². The molecule has 0 saturated heterocycles. The molecule has 0 aliphatic carbocycles. The molecule has 0 radical (unpaired) electrons. The highest BCUT2D eigenvalue weighted by Gasteiger charge is 2.13. The van der Waals surface area contributed by atoms with Crippen LogP contribution < -0.4 is 0 Å². The van der Waals surface area contributed by atoms with E-state index in [1.165, 1.54) is 23.1 Å². The van der Waals surface area contributed by atoms with Gasteiger partial charge in [0.05, 0.1) is 4.83 Å². The van der Waals surface area contributed by atoms with Crippen molar-refractivity contribution in [2.75, 3.05) is 0 Å². The molecule has 0 heterocycles. The van der Waals surface area contributed by atoms with Crippen LogP contribution in [0.2, 0.25) is 0 Å². The van der Waals surface area contributed by atoms with E-state index in [0.29, 0.717) is 0 Å². The summed E-state index contributed by atoms with van der Waals surface area (Å²) in [6.07, 6.45) is 2.34. The zero-order valence-electron chi connectivity index (χ0n) is 10.7. The van der Waals surface area contributed by atoms with Crippen molar-refractivity contribution in [1.82, 2.24) is 0 Å². The molecule has 1 atom stereocenters. The lowest BCUT2D eigenvalue weighted by atomic mass is 10.0. The molecule has 2 rings (SSSR count).